The molecular formula is C25H40N2O2. The van der Waals surface area contributed by atoms with E-state index < -0.39 is 0 Å². The summed E-state index contributed by atoms with van der Waals surface area (Å²) in [5.41, 5.74) is 7.33. The van der Waals surface area contributed by atoms with Crippen LogP contribution in [0.2, 0.25) is 0 Å². The summed E-state index contributed by atoms with van der Waals surface area (Å²) in [6.45, 7) is 10.7. The molecule has 0 saturated carbocycles. The summed E-state index contributed by atoms with van der Waals surface area (Å²) in [6, 6.07) is 0. The maximum Gasteiger partial charge on any atom is 0.323 e. The molecule has 2 aliphatic carbocycles. The van der Waals surface area contributed by atoms with Crippen LogP contribution < -0.4 is 5.69 Å². The maximum absolute atomic E-state index is 11.0. The number of Topliss-reactive ketones (excluding diaryl/α,β-unsaturated/α-hetero) is 1. The summed E-state index contributed by atoms with van der Waals surface area (Å²) in [6.07, 6.45) is 13.2. The molecule has 1 aromatic heterocycles. The van der Waals surface area contributed by atoms with Gasteiger partial charge in [0.05, 0.1) is 0 Å². The van der Waals surface area contributed by atoms with Crippen LogP contribution in [0, 0.1) is 11.8 Å². The van der Waals surface area contributed by atoms with Crippen molar-refractivity contribution >= 4 is 5.78 Å². The van der Waals surface area contributed by atoms with Gasteiger partial charge in [0.15, 0.2) is 0 Å². The van der Waals surface area contributed by atoms with Crippen molar-refractivity contribution in [1.29, 1.82) is 0 Å². The molecular weight excluding hydrogens is 360 g/mol. The minimum atomic E-state index is -0.0896. The first-order valence-electron chi connectivity index (χ1n) is 11.4. The Kier molecular flexibility index (Phi) is 9.19. The highest BCUT2D eigenvalue weighted by molar-refractivity contribution is 5.75. The van der Waals surface area contributed by atoms with Crippen LogP contribution in [-0.4, -0.2) is 15.8 Å². The van der Waals surface area contributed by atoms with Gasteiger partial charge < -0.3 is 14.8 Å². The molecule has 0 aliphatic heterocycles. The molecule has 0 saturated heterocycles. The van der Waals surface area contributed by atoms with E-state index in [0.29, 0.717) is 17.6 Å². The fourth-order valence-corrected chi connectivity index (χ4v) is 4.88. The molecule has 0 fully saturated rings. The number of ketones is 1. The van der Waals surface area contributed by atoms with Crippen molar-refractivity contribution < 1.29 is 4.79 Å². The van der Waals surface area contributed by atoms with Gasteiger partial charge >= 0.3 is 5.69 Å². The predicted molar refractivity (Wildman–Crippen MR) is 121 cm³/mol. The largest absolute Gasteiger partial charge is 0.323 e. The molecule has 0 radical (unpaired) electrons. The fourth-order valence-electron chi connectivity index (χ4n) is 4.88. The third-order valence-corrected chi connectivity index (χ3v) is 6.72. The number of nitrogens with one attached hydrogen (secondary N) is 2. The van der Waals surface area contributed by atoms with Crippen molar-refractivity contribution in [1.82, 2.24) is 9.97 Å². The molecule has 1 heterocycles. The Morgan fingerprint density at radius 2 is 1.55 bits per heavy atom. The number of H-pyrrole nitrogens is 2. The zero-order chi connectivity index (χ0) is 21.4. The lowest BCUT2D eigenvalue weighted by Crippen LogP contribution is -2.13. The molecule has 0 bridgehead atoms. The highest BCUT2D eigenvalue weighted by atomic mass is 16.1. The lowest BCUT2D eigenvalue weighted by molar-refractivity contribution is -0.117. The monoisotopic (exact) mass is 400 g/mol. The van der Waals surface area contributed by atoms with E-state index in [9.17, 15) is 9.59 Å². The third-order valence-electron chi connectivity index (χ3n) is 6.72. The second-order valence-electron chi connectivity index (χ2n) is 9.07. The Balaban J connectivity index is 0.000000212. The summed E-state index contributed by atoms with van der Waals surface area (Å²) in [7, 11) is 0. The molecule has 0 spiro atoms. The van der Waals surface area contributed by atoms with Gasteiger partial charge in [-0.25, -0.2) is 4.79 Å². The second-order valence-corrected chi connectivity index (χ2v) is 9.07. The predicted octanol–water partition coefficient (Wildman–Crippen LogP) is 6.26. The van der Waals surface area contributed by atoms with E-state index in [1.807, 2.05) is 0 Å². The number of imidazole rings is 1. The number of aromatic nitrogens is 2. The molecule has 1 aromatic rings. The minimum Gasteiger partial charge on any atom is -0.313 e. The highest BCUT2D eigenvalue weighted by Gasteiger charge is 2.19. The highest BCUT2D eigenvalue weighted by Crippen LogP contribution is 2.33. The normalized spacial score (nSPS) is 22.4. The molecule has 4 nitrogen and oxygen atoms in total. The van der Waals surface area contributed by atoms with Crippen LogP contribution in [0.3, 0.4) is 0 Å². The van der Waals surface area contributed by atoms with Crippen molar-refractivity contribution in [2.75, 3.05) is 0 Å². The summed E-state index contributed by atoms with van der Waals surface area (Å²) in [5.74, 6) is 1.68. The molecule has 2 N–H and O–H groups in total. The van der Waals surface area contributed by atoms with Crippen LogP contribution >= 0.6 is 0 Å². The van der Waals surface area contributed by atoms with Crippen molar-refractivity contribution in [3.63, 3.8) is 0 Å². The number of carbonyl (C=O) groups excluding carboxylic acids is 1. The standard InChI is InChI=1S/C13H20N2O.C12H20O/c1-3-11-6-10(5-4-9(11)2)7-12-8-14-13(16)15-12;1-4-12-8-11(7-10(3)13)6-5-9(12)2/h8,10H,3-7H2,1-2H3,(H2,14,15,16);11H,4-8H2,1-3H3. The van der Waals surface area contributed by atoms with Gasteiger partial charge in [0.2, 0.25) is 0 Å². The van der Waals surface area contributed by atoms with Crippen molar-refractivity contribution in [3.05, 3.63) is 44.7 Å². The number of hydrogen-bond donors (Lipinski definition) is 2. The first-order valence-corrected chi connectivity index (χ1v) is 11.4. The van der Waals surface area contributed by atoms with E-state index in [4.69, 9.17) is 0 Å². The van der Waals surface area contributed by atoms with E-state index in [1.165, 1.54) is 51.4 Å². The third kappa shape index (κ3) is 7.49. The summed E-state index contributed by atoms with van der Waals surface area (Å²) in [4.78, 5) is 27.5. The van der Waals surface area contributed by atoms with Gasteiger partial charge in [-0.3, -0.25) is 0 Å². The minimum absolute atomic E-state index is 0.0896. The molecule has 3 rings (SSSR count). The summed E-state index contributed by atoms with van der Waals surface area (Å²) >= 11 is 0. The van der Waals surface area contributed by atoms with E-state index >= 15 is 0 Å². The Morgan fingerprint density at radius 1 is 1.00 bits per heavy atom. The second kappa shape index (κ2) is 11.4. The molecule has 162 valence electrons. The summed E-state index contributed by atoms with van der Waals surface area (Å²) in [5, 5.41) is 0. The average molecular weight is 401 g/mol. The number of allylic oxidation sites excluding steroid dienone is 4. The number of aromatic amines is 2. The van der Waals surface area contributed by atoms with E-state index in [1.54, 1.807) is 35.4 Å². The maximum atomic E-state index is 11.0. The van der Waals surface area contributed by atoms with Gasteiger partial charge in [-0.1, -0.05) is 36.1 Å². The van der Waals surface area contributed by atoms with Gasteiger partial charge in [0, 0.05) is 18.3 Å². The van der Waals surface area contributed by atoms with Gasteiger partial charge in [0.1, 0.15) is 5.78 Å². The van der Waals surface area contributed by atoms with Crippen LogP contribution in [0.25, 0.3) is 0 Å². The molecule has 2 atom stereocenters. The Bertz CT molecular complexity index is 794. The van der Waals surface area contributed by atoms with E-state index in [2.05, 4.69) is 37.7 Å². The molecule has 0 amide bonds. The fraction of sp³-hybridized carbons (Fsp3) is 0.680. The van der Waals surface area contributed by atoms with Crippen LogP contribution in [0.15, 0.2) is 33.3 Å². The van der Waals surface area contributed by atoms with Crippen LogP contribution in [0.1, 0.15) is 98.1 Å². The topological polar surface area (TPSA) is 65.7 Å². The molecule has 2 unspecified atom stereocenters. The van der Waals surface area contributed by atoms with E-state index in [0.717, 1.165) is 18.5 Å². The quantitative estimate of drug-likeness (QED) is 0.553. The number of rotatable bonds is 6. The molecule has 29 heavy (non-hydrogen) atoms. The molecule has 0 aromatic carbocycles. The zero-order valence-electron chi connectivity index (χ0n) is 19.1. The first-order chi connectivity index (χ1) is 13.8. The number of hydrogen-bond acceptors (Lipinski definition) is 2. The first kappa shape index (κ1) is 23.4. The summed E-state index contributed by atoms with van der Waals surface area (Å²) < 4.78 is 0. The SMILES string of the molecule is CCC1=C(C)CCC(CC(C)=O)C1.CCC1=C(C)CCC(Cc2c[nH]c(=O)[nH]2)C1. The number of carbonyl (C=O) groups is 1. The van der Waals surface area contributed by atoms with Crippen molar-refractivity contribution in [3.8, 4) is 0 Å². The van der Waals surface area contributed by atoms with Gasteiger partial charge in [-0.15, -0.1) is 0 Å². The van der Waals surface area contributed by atoms with Gasteiger partial charge in [-0.05, 0) is 90.4 Å². The van der Waals surface area contributed by atoms with Crippen LogP contribution in [0.5, 0.6) is 0 Å². The van der Waals surface area contributed by atoms with Crippen LogP contribution in [-0.2, 0) is 11.2 Å². The Morgan fingerprint density at radius 3 is 2.03 bits per heavy atom. The van der Waals surface area contributed by atoms with Gasteiger partial charge in [0.25, 0.3) is 0 Å². The molecule has 4 heteroatoms. The zero-order valence-corrected chi connectivity index (χ0v) is 19.1. The van der Waals surface area contributed by atoms with Gasteiger partial charge in [-0.2, -0.15) is 0 Å². The lowest BCUT2D eigenvalue weighted by atomic mass is 9.81. The Labute approximate surface area is 176 Å². The van der Waals surface area contributed by atoms with Crippen molar-refractivity contribution in [2.45, 2.75) is 98.8 Å². The smallest absolute Gasteiger partial charge is 0.313 e. The van der Waals surface area contributed by atoms with Crippen LogP contribution in [0.4, 0.5) is 0 Å². The Hall–Kier alpha value is -1.84. The lowest BCUT2D eigenvalue weighted by Gasteiger charge is -2.25. The average Bonchev–Trinajstić information content (AvgIpc) is 3.09. The van der Waals surface area contributed by atoms with E-state index in [-0.39, 0.29) is 5.69 Å². The van der Waals surface area contributed by atoms with Crippen molar-refractivity contribution in [2.24, 2.45) is 11.8 Å². The molecule has 2 aliphatic rings.